The van der Waals surface area contributed by atoms with E-state index in [1.165, 1.54) is 38.0 Å². The van der Waals surface area contributed by atoms with Gasteiger partial charge in [0.2, 0.25) is 18.0 Å². The van der Waals surface area contributed by atoms with Gasteiger partial charge in [0, 0.05) is 60.2 Å². The lowest BCUT2D eigenvalue weighted by molar-refractivity contribution is -0.139. The standard InChI is InChI=1S/C58H68FN9O9S/c1-57(2)26-33(16-20-75-57)48(64-55(71)73-5)52(69)66-19-15-35(30-66)50-60-29-40(62-50)36-23-38(59)47-43-24-37-22-32(11-12-41(37)68(43)54(77-44(47)25-36)46-14-13-45(78-46)31-9-10-31)39-28-61-51(63-39)42-8-7-18-67(42)53(70)49(65-56(72)74-6)34-17-21-76-58(3,4)27-34/h11-14,22-25,28-29,31,33-35,42,48-49,54H,7-10,15-21,26-27,30H2,1-6H3,(H,60,62)(H,61,63)(H,64,71)(H,65,72)/t33?,34?,35-,42+,48+,49+,54?/m1/s1. The Morgan fingerprint density at radius 2 is 1.40 bits per heavy atom. The van der Waals surface area contributed by atoms with Gasteiger partial charge in [0.1, 0.15) is 35.3 Å². The molecule has 7 atom stereocenters. The van der Waals surface area contributed by atoms with Crippen molar-refractivity contribution in [3.05, 3.63) is 88.1 Å². The molecule has 6 aliphatic rings. The predicted octanol–water partition coefficient (Wildman–Crippen LogP) is 9.94. The summed E-state index contributed by atoms with van der Waals surface area (Å²) >= 11 is 1.74. The van der Waals surface area contributed by atoms with E-state index in [1.54, 1.807) is 28.6 Å². The van der Waals surface area contributed by atoms with Crippen LogP contribution in [0.3, 0.4) is 0 Å². The summed E-state index contributed by atoms with van der Waals surface area (Å²) < 4.78 is 47.9. The number of benzene rings is 2. The van der Waals surface area contributed by atoms with Crippen LogP contribution < -0.4 is 15.4 Å². The van der Waals surface area contributed by atoms with E-state index in [1.807, 2.05) is 56.9 Å². The first kappa shape index (κ1) is 52.0. The zero-order valence-electron chi connectivity index (χ0n) is 45.0. The summed E-state index contributed by atoms with van der Waals surface area (Å²) in [5.74, 6) is 1.22. The molecular formula is C58H68FN9O9S. The lowest BCUT2D eigenvalue weighted by Crippen LogP contribution is -2.54. The number of H-pyrrole nitrogens is 2. The third kappa shape index (κ3) is 10.0. The van der Waals surface area contributed by atoms with Gasteiger partial charge in [-0.2, -0.15) is 0 Å². The molecule has 6 aromatic rings. The Balaban J connectivity index is 0.811. The van der Waals surface area contributed by atoms with E-state index >= 15 is 4.39 Å². The quantitative estimate of drug-likeness (QED) is 0.0907. The maximum absolute atomic E-state index is 17.1. The number of carbonyl (C=O) groups is 4. The summed E-state index contributed by atoms with van der Waals surface area (Å²) in [4.78, 5) is 76.3. The predicted molar refractivity (Wildman–Crippen MR) is 289 cm³/mol. The number of thiophene rings is 1. The minimum Gasteiger partial charge on any atom is -0.464 e. The number of nitrogens with zero attached hydrogens (tertiary/aromatic N) is 5. The van der Waals surface area contributed by atoms with Crippen molar-refractivity contribution in [3.63, 3.8) is 0 Å². The normalized spacial score (nSPS) is 24.2. The molecule has 9 heterocycles. The van der Waals surface area contributed by atoms with Gasteiger partial charge in [-0.3, -0.25) is 14.2 Å². The minimum absolute atomic E-state index is 0.101. The maximum Gasteiger partial charge on any atom is 0.407 e. The molecule has 4 N–H and O–H groups in total. The highest BCUT2D eigenvalue weighted by molar-refractivity contribution is 7.12. The maximum atomic E-state index is 17.1. The zero-order chi connectivity index (χ0) is 54.2. The van der Waals surface area contributed by atoms with E-state index in [-0.39, 0.29) is 35.6 Å². The SMILES string of the molecule is COC(=O)N[C@H](C(=O)N1CC[C@@H](c2ncc(-c3cc(F)c4c(c3)OC(c3ccc(C5CC5)s3)n3c-4cc4cc(-c5cnc([C@@H]6CCCN6C(=O)[C@@H](NC(=O)OC)C6CCOC(C)(C)C6)[nH]5)ccc43)[nH]2)C1)C1CCOC(C)(C)C1. The molecule has 1 aliphatic carbocycles. The molecule has 2 aromatic carbocycles. The molecule has 1 saturated carbocycles. The second kappa shape index (κ2) is 20.5. The number of amides is 4. The molecule has 3 unspecified atom stereocenters. The highest BCUT2D eigenvalue weighted by Gasteiger charge is 2.45. The van der Waals surface area contributed by atoms with Crippen LogP contribution in [0.15, 0.2) is 60.9 Å². The molecule has 20 heteroatoms. The van der Waals surface area contributed by atoms with Crippen molar-refractivity contribution in [2.45, 2.75) is 133 Å². The first-order chi connectivity index (χ1) is 37.5. The summed E-state index contributed by atoms with van der Waals surface area (Å²) in [6, 6.07) is 14.1. The van der Waals surface area contributed by atoms with E-state index in [4.69, 9.17) is 33.7 Å². The summed E-state index contributed by atoms with van der Waals surface area (Å²) in [5.41, 5.74) is 3.94. The third-order valence-electron chi connectivity index (χ3n) is 16.9. The first-order valence-electron chi connectivity index (χ1n) is 27.5. The van der Waals surface area contributed by atoms with E-state index < -0.39 is 47.5 Å². The molecule has 0 bridgehead atoms. The Morgan fingerprint density at radius 1 is 0.744 bits per heavy atom. The van der Waals surface area contributed by atoms with Crippen LogP contribution in [-0.2, 0) is 28.5 Å². The number of imidazole rings is 2. The molecule has 18 nitrogen and oxygen atoms in total. The second-order valence-corrected chi connectivity index (χ2v) is 24.4. The minimum atomic E-state index is -0.773. The molecule has 4 aromatic heterocycles. The van der Waals surface area contributed by atoms with Crippen molar-refractivity contribution >= 4 is 46.2 Å². The van der Waals surface area contributed by atoms with Crippen LogP contribution in [0.5, 0.6) is 5.75 Å². The Morgan fingerprint density at radius 3 is 2.08 bits per heavy atom. The van der Waals surface area contributed by atoms with Crippen LogP contribution >= 0.6 is 11.3 Å². The van der Waals surface area contributed by atoms with E-state index in [2.05, 4.69) is 43.4 Å². The van der Waals surface area contributed by atoms with E-state index in [0.717, 1.165) is 33.5 Å². The molecule has 12 rings (SSSR count). The summed E-state index contributed by atoms with van der Waals surface area (Å²) in [5, 5.41) is 6.59. The molecular weight excluding hydrogens is 1020 g/mol. The Kier molecular flexibility index (Phi) is 13.6. The first-order valence-corrected chi connectivity index (χ1v) is 28.3. The zero-order valence-corrected chi connectivity index (χ0v) is 45.8. The summed E-state index contributed by atoms with van der Waals surface area (Å²) in [6.07, 6.45) is 8.65. The third-order valence-corrected chi connectivity index (χ3v) is 18.2. The van der Waals surface area contributed by atoms with Gasteiger partial charge >= 0.3 is 12.2 Å². The van der Waals surface area contributed by atoms with Gasteiger partial charge in [0.05, 0.1) is 76.9 Å². The number of nitrogens with one attached hydrogen (secondary N) is 4. The van der Waals surface area contributed by atoms with Gasteiger partial charge in [-0.05, 0) is 146 Å². The number of aromatic nitrogens is 5. The van der Waals surface area contributed by atoms with E-state index in [9.17, 15) is 19.2 Å². The molecule has 78 heavy (non-hydrogen) atoms. The van der Waals surface area contributed by atoms with Gasteiger partial charge in [0.15, 0.2) is 0 Å². The monoisotopic (exact) mass is 1090 g/mol. The Bertz CT molecular complexity index is 3290. The van der Waals surface area contributed by atoms with Crippen LogP contribution in [0, 0.1) is 17.7 Å². The number of alkyl carbamates (subject to hydrolysis) is 2. The largest absolute Gasteiger partial charge is 0.464 e. The Labute approximate surface area is 456 Å². The number of halogens is 1. The summed E-state index contributed by atoms with van der Waals surface area (Å²) in [6.45, 7) is 10.4. The van der Waals surface area contributed by atoms with Crippen molar-refractivity contribution in [2.24, 2.45) is 11.8 Å². The lowest BCUT2D eigenvalue weighted by atomic mass is 9.82. The number of fused-ring (bicyclic) bond motifs is 5. The fraction of sp³-hybridized carbons (Fsp3) is 0.517. The van der Waals surface area contributed by atoms with Crippen LogP contribution in [0.1, 0.15) is 131 Å². The van der Waals surface area contributed by atoms with Gasteiger partial charge in [-0.1, -0.05) is 6.07 Å². The fourth-order valence-corrected chi connectivity index (χ4v) is 14.1. The van der Waals surface area contributed by atoms with Gasteiger partial charge in [-0.25, -0.2) is 23.9 Å². The fourth-order valence-electron chi connectivity index (χ4n) is 12.9. The molecule has 412 valence electrons. The van der Waals surface area contributed by atoms with Crippen molar-refractivity contribution < 1.29 is 47.3 Å². The number of hydrogen-bond donors (Lipinski definition) is 4. The van der Waals surface area contributed by atoms with Crippen molar-refractivity contribution in [2.75, 3.05) is 47.1 Å². The van der Waals surface area contributed by atoms with Crippen LogP contribution in [0.25, 0.3) is 44.7 Å². The molecule has 5 fully saturated rings. The Hall–Kier alpha value is -6.77. The lowest BCUT2D eigenvalue weighted by Gasteiger charge is -2.40. The number of likely N-dealkylation sites (tertiary alicyclic amines) is 2. The molecule has 0 radical (unpaired) electrons. The van der Waals surface area contributed by atoms with Gasteiger partial charge in [0.25, 0.3) is 0 Å². The highest BCUT2D eigenvalue weighted by atomic mass is 32.1. The molecule has 4 saturated heterocycles. The molecule has 4 amide bonds. The topological polar surface area (TPSA) is 207 Å². The average Bonchev–Trinajstić information content (AvgIpc) is 4.34. The van der Waals surface area contributed by atoms with Crippen LogP contribution in [0.2, 0.25) is 0 Å². The van der Waals surface area contributed by atoms with Crippen molar-refractivity contribution in [3.8, 4) is 39.5 Å². The van der Waals surface area contributed by atoms with Crippen molar-refractivity contribution in [1.29, 1.82) is 0 Å². The van der Waals surface area contributed by atoms with Gasteiger partial charge in [-0.15, -0.1) is 11.3 Å². The van der Waals surface area contributed by atoms with Crippen LogP contribution in [-0.4, -0.2) is 129 Å². The van der Waals surface area contributed by atoms with Gasteiger partial charge < -0.3 is 54.1 Å². The van der Waals surface area contributed by atoms with Crippen molar-refractivity contribution in [1.82, 2.24) is 44.9 Å². The molecule has 5 aliphatic heterocycles. The number of hydrogen-bond acceptors (Lipinski definition) is 12. The van der Waals surface area contributed by atoms with Crippen LogP contribution in [0.4, 0.5) is 14.0 Å². The summed E-state index contributed by atoms with van der Waals surface area (Å²) in [7, 11) is 2.60. The average molecular weight is 1090 g/mol. The highest BCUT2D eigenvalue weighted by Crippen LogP contribution is 2.50. The second-order valence-electron chi connectivity index (χ2n) is 23.3. The molecule has 0 spiro atoms. The number of ether oxygens (including phenoxy) is 5. The smallest absolute Gasteiger partial charge is 0.407 e. The van der Waals surface area contributed by atoms with E-state index in [0.29, 0.717) is 117 Å². The number of methoxy groups -OCH3 is 2. The number of rotatable bonds is 12. The number of aromatic amines is 2. The number of carbonyl (C=O) groups excluding carboxylic acids is 4.